The van der Waals surface area contributed by atoms with E-state index in [1.54, 1.807) is 0 Å². The molecule has 1 amide bonds. The van der Waals surface area contributed by atoms with Crippen LogP contribution in [-0.2, 0) is 4.79 Å². The van der Waals surface area contributed by atoms with E-state index in [-0.39, 0.29) is 13.2 Å². The van der Waals surface area contributed by atoms with Crippen LogP contribution in [0, 0.1) is 0 Å². The first-order chi connectivity index (χ1) is 6.40. The highest BCUT2D eigenvalue weighted by Gasteiger charge is 2.37. The first-order valence-electron chi connectivity index (χ1n) is 3.67. The Morgan fingerprint density at radius 2 is 1.71 bits per heavy atom. The summed E-state index contributed by atoms with van der Waals surface area (Å²) >= 11 is 0. The Hall–Kier alpha value is -0.860. The molecule has 0 saturated heterocycles. The summed E-state index contributed by atoms with van der Waals surface area (Å²) in [5.41, 5.74) is 4.78. The van der Waals surface area contributed by atoms with Crippen molar-refractivity contribution in [3.05, 3.63) is 0 Å². The van der Waals surface area contributed by atoms with Gasteiger partial charge in [-0.25, -0.2) is 0 Å². The molecule has 5 N–H and O–H groups in total. The van der Waals surface area contributed by atoms with E-state index in [0.717, 1.165) is 0 Å². The monoisotopic (exact) mass is 218 g/mol. The molecule has 0 spiro atoms. The van der Waals surface area contributed by atoms with Gasteiger partial charge in [0.25, 0.3) is 0 Å². The van der Waals surface area contributed by atoms with Gasteiger partial charge in [-0.05, 0) is 0 Å². The molecule has 0 fully saturated rings. The van der Waals surface area contributed by atoms with E-state index in [2.05, 4.69) is 0 Å². The molecule has 0 atom stereocenters. The van der Waals surface area contributed by atoms with Gasteiger partial charge >= 0.3 is 12.1 Å². The molecular formula is C6H13F3N2O3. The van der Waals surface area contributed by atoms with Crippen LogP contribution in [0.25, 0.3) is 0 Å². The molecule has 0 saturated carbocycles. The molecule has 0 aliphatic heterocycles. The normalized spacial score (nSPS) is 10.1. The molecule has 0 aromatic carbocycles. The fourth-order valence-electron chi connectivity index (χ4n) is 0.270. The summed E-state index contributed by atoms with van der Waals surface area (Å²) < 4.78 is 33.8. The number of carbonyl (C=O) groups excluding carboxylic acids is 1. The third kappa shape index (κ3) is 11.1. The van der Waals surface area contributed by atoms with E-state index in [0.29, 0.717) is 6.54 Å². The van der Waals surface area contributed by atoms with Crippen molar-refractivity contribution in [3.63, 3.8) is 0 Å². The SMILES string of the molecule is NCCO.O=C(NCCO)C(F)(F)F. The van der Waals surface area contributed by atoms with Crippen molar-refractivity contribution in [2.45, 2.75) is 6.18 Å². The highest BCUT2D eigenvalue weighted by Crippen LogP contribution is 2.13. The summed E-state index contributed by atoms with van der Waals surface area (Å²) in [5, 5.41) is 17.2. The third-order valence-electron chi connectivity index (χ3n) is 0.784. The molecular weight excluding hydrogens is 205 g/mol. The molecule has 0 radical (unpaired) electrons. The number of amides is 1. The lowest BCUT2D eigenvalue weighted by atomic mass is 10.5. The first-order valence-corrected chi connectivity index (χ1v) is 3.67. The summed E-state index contributed by atoms with van der Waals surface area (Å²) in [6.45, 7) is -0.403. The first kappa shape index (κ1) is 15.6. The van der Waals surface area contributed by atoms with Crippen LogP contribution in [0.3, 0.4) is 0 Å². The lowest BCUT2D eigenvalue weighted by Gasteiger charge is -2.04. The van der Waals surface area contributed by atoms with Crippen molar-refractivity contribution in [2.75, 3.05) is 26.3 Å². The van der Waals surface area contributed by atoms with Crippen LogP contribution in [0.5, 0.6) is 0 Å². The Balaban J connectivity index is 0. The van der Waals surface area contributed by atoms with Gasteiger partial charge in [-0.15, -0.1) is 0 Å². The number of halogens is 3. The van der Waals surface area contributed by atoms with Gasteiger partial charge in [-0.2, -0.15) is 13.2 Å². The smallest absolute Gasteiger partial charge is 0.395 e. The van der Waals surface area contributed by atoms with E-state index >= 15 is 0 Å². The van der Waals surface area contributed by atoms with Gasteiger partial charge in [-0.1, -0.05) is 0 Å². The molecule has 5 nitrogen and oxygen atoms in total. The molecule has 0 heterocycles. The molecule has 8 heteroatoms. The lowest BCUT2D eigenvalue weighted by molar-refractivity contribution is -0.173. The molecule has 0 rings (SSSR count). The minimum atomic E-state index is -4.85. The number of hydrogen-bond donors (Lipinski definition) is 4. The Morgan fingerprint density at radius 3 is 1.93 bits per heavy atom. The Bertz CT molecular complexity index is 150. The number of hydrogen-bond acceptors (Lipinski definition) is 4. The molecule has 86 valence electrons. The Labute approximate surface area is 78.7 Å². The van der Waals surface area contributed by atoms with E-state index in [1.807, 2.05) is 0 Å². The van der Waals surface area contributed by atoms with E-state index in [1.165, 1.54) is 5.32 Å². The zero-order chi connectivity index (χ0) is 11.6. The van der Waals surface area contributed by atoms with Crippen molar-refractivity contribution in [3.8, 4) is 0 Å². The number of carbonyl (C=O) groups is 1. The molecule has 0 unspecified atom stereocenters. The topological polar surface area (TPSA) is 95.6 Å². The van der Waals surface area contributed by atoms with Crippen molar-refractivity contribution < 1.29 is 28.2 Å². The Kier molecular flexibility index (Phi) is 9.73. The maximum Gasteiger partial charge on any atom is 0.471 e. The van der Waals surface area contributed by atoms with Gasteiger partial charge in [0.15, 0.2) is 0 Å². The van der Waals surface area contributed by atoms with Crippen LogP contribution in [-0.4, -0.2) is 48.6 Å². The number of rotatable bonds is 3. The van der Waals surface area contributed by atoms with Gasteiger partial charge in [0.2, 0.25) is 0 Å². The summed E-state index contributed by atoms with van der Waals surface area (Å²) in [6, 6.07) is 0. The number of alkyl halides is 3. The van der Waals surface area contributed by atoms with E-state index in [9.17, 15) is 18.0 Å². The number of nitrogens with two attached hydrogens (primary N) is 1. The van der Waals surface area contributed by atoms with Crippen molar-refractivity contribution >= 4 is 5.91 Å². The van der Waals surface area contributed by atoms with Crippen LogP contribution >= 0.6 is 0 Å². The summed E-state index contributed by atoms with van der Waals surface area (Å²) in [6.07, 6.45) is -4.85. The van der Waals surface area contributed by atoms with E-state index < -0.39 is 18.7 Å². The molecule has 14 heavy (non-hydrogen) atoms. The second-order valence-electron chi connectivity index (χ2n) is 1.99. The molecule has 0 bridgehead atoms. The number of aliphatic hydroxyl groups excluding tert-OH is 2. The van der Waals surface area contributed by atoms with Gasteiger partial charge in [0.05, 0.1) is 13.2 Å². The van der Waals surface area contributed by atoms with Crippen LogP contribution in [0.15, 0.2) is 0 Å². The van der Waals surface area contributed by atoms with Crippen LogP contribution in [0.2, 0.25) is 0 Å². The molecule has 0 aliphatic rings. The predicted molar refractivity (Wildman–Crippen MR) is 42.3 cm³/mol. The van der Waals surface area contributed by atoms with Gasteiger partial charge in [0, 0.05) is 13.1 Å². The lowest BCUT2D eigenvalue weighted by Crippen LogP contribution is -2.38. The minimum absolute atomic E-state index is 0.0972. The van der Waals surface area contributed by atoms with Crippen LogP contribution in [0.4, 0.5) is 13.2 Å². The van der Waals surface area contributed by atoms with Crippen LogP contribution in [0.1, 0.15) is 0 Å². The average Bonchev–Trinajstić information content (AvgIpc) is 2.13. The largest absolute Gasteiger partial charge is 0.471 e. The van der Waals surface area contributed by atoms with Gasteiger partial charge < -0.3 is 21.3 Å². The zero-order valence-electron chi connectivity index (χ0n) is 7.34. The second-order valence-corrected chi connectivity index (χ2v) is 1.99. The van der Waals surface area contributed by atoms with Crippen LogP contribution < -0.4 is 11.1 Å². The summed E-state index contributed by atoms with van der Waals surface area (Å²) in [5.74, 6) is -2.03. The third-order valence-corrected chi connectivity index (χ3v) is 0.784. The highest BCUT2D eigenvalue weighted by molar-refractivity contribution is 5.81. The zero-order valence-corrected chi connectivity index (χ0v) is 7.34. The fraction of sp³-hybridized carbons (Fsp3) is 0.833. The maximum absolute atomic E-state index is 11.3. The fourth-order valence-corrected chi connectivity index (χ4v) is 0.270. The summed E-state index contributed by atoms with van der Waals surface area (Å²) in [4.78, 5) is 9.88. The maximum atomic E-state index is 11.3. The number of nitrogens with one attached hydrogen (secondary N) is 1. The molecule has 0 aromatic rings. The predicted octanol–water partition coefficient (Wildman–Crippen LogP) is -1.41. The molecule has 0 aliphatic carbocycles. The van der Waals surface area contributed by atoms with Crippen molar-refractivity contribution in [1.82, 2.24) is 5.32 Å². The standard InChI is InChI=1S/C4H6F3NO2.C2H7NO/c5-4(6,7)3(10)8-1-2-9;3-1-2-4/h9H,1-2H2,(H,8,10);4H,1-3H2. The highest BCUT2D eigenvalue weighted by atomic mass is 19.4. The quantitative estimate of drug-likeness (QED) is 0.468. The minimum Gasteiger partial charge on any atom is -0.395 e. The second kappa shape index (κ2) is 8.73. The molecule has 0 aromatic heterocycles. The van der Waals surface area contributed by atoms with E-state index in [4.69, 9.17) is 15.9 Å². The van der Waals surface area contributed by atoms with Crippen molar-refractivity contribution in [1.29, 1.82) is 0 Å². The summed E-state index contributed by atoms with van der Waals surface area (Å²) in [7, 11) is 0. The Morgan fingerprint density at radius 1 is 1.29 bits per heavy atom. The van der Waals surface area contributed by atoms with Crippen molar-refractivity contribution in [2.24, 2.45) is 5.73 Å². The number of aliphatic hydroxyl groups is 2. The van der Waals surface area contributed by atoms with Gasteiger partial charge in [-0.3, -0.25) is 4.79 Å². The average molecular weight is 218 g/mol. The van der Waals surface area contributed by atoms with Gasteiger partial charge in [0.1, 0.15) is 0 Å².